The normalized spacial score (nSPS) is 15.8. The molecule has 1 saturated carbocycles. The van der Waals surface area contributed by atoms with Crippen LogP contribution in [0, 0.1) is 36.0 Å². The number of aryl methyl sites for hydroxylation is 1. The van der Waals surface area contributed by atoms with Crippen molar-refractivity contribution in [1.29, 1.82) is 5.26 Å². The minimum atomic E-state index is -1.79. The third kappa shape index (κ3) is 4.37. The van der Waals surface area contributed by atoms with E-state index in [-0.39, 0.29) is 10.9 Å². The quantitative estimate of drug-likeness (QED) is 0.759. The minimum absolute atomic E-state index is 0.223. The molecule has 0 radical (unpaired) electrons. The Labute approximate surface area is 170 Å². The van der Waals surface area contributed by atoms with Crippen molar-refractivity contribution >= 4 is 23.2 Å². The monoisotopic (exact) mass is 392 g/mol. The molecule has 2 aromatic carbocycles. The molecule has 142 valence electrons. The predicted molar refractivity (Wildman–Crippen MR) is 110 cm³/mol. The number of aliphatic hydroxyl groups is 1. The average molecular weight is 393 g/mol. The molecule has 3 rings (SSSR count). The van der Waals surface area contributed by atoms with E-state index in [1.807, 2.05) is 37.3 Å². The first-order chi connectivity index (χ1) is 13.4. The summed E-state index contributed by atoms with van der Waals surface area (Å²) >= 11 is 6.04. The van der Waals surface area contributed by atoms with Crippen LogP contribution < -0.4 is 5.32 Å². The maximum Gasteiger partial charge on any atom is 0.269 e. The van der Waals surface area contributed by atoms with Gasteiger partial charge >= 0.3 is 0 Å². The molecule has 1 unspecified atom stereocenters. The van der Waals surface area contributed by atoms with Crippen LogP contribution in [0.4, 0.5) is 5.69 Å². The first kappa shape index (κ1) is 20.0. The van der Waals surface area contributed by atoms with Crippen LogP contribution in [0.5, 0.6) is 0 Å². The largest absolute Gasteiger partial charge is 0.369 e. The number of anilines is 1. The van der Waals surface area contributed by atoms with Crippen molar-refractivity contribution in [3.8, 4) is 17.9 Å². The van der Waals surface area contributed by atoms with Crippen molar-refractivity contribution in [3.05, 3.63) is 64.2 Å². The second kappa shape index (κ2) is 8.48. The third-order valence-corrected chi connectivity index (χ3v) is 5.40. The molecule has 2 N–H and O–H groups in total. The Morgan fingerprint density at radius 1 is 1.21 bits per heavy atom. The number of rotatable bonds is 3. The van der Waals surface area contributed by atoms with Crippen molar-refractivity contribution in [2.45, 2.75) is 38.2 Å². The van der Waals surface area contributed by atoms with Gasteiger partial charge in [0.1, 0.15) is 6.07 Å². The SMILES string of the molecule is Cc1ccc(C#CC(O)(C(=O)Nc2ccc(C#N)c(Cl)c2)C2CCCC2)cc1. The van der Waals surface area contributed by atoms with E-state index in [0.29, 0.717) is 11.3 Å². The Bertz CT molecular complexity index is 976. The van der Waals surface area contributed by atoms with Crippen LogP contribution in [-0.2, 0) is 4.79 Å². The number of hydrogen-bond donors (Lipinski definition) is 2. The highest BCUT2D eigenvalue weighted by Gasteiger charge is 2.44. The number of carbonyl (C=O) groups excluding carboxylic acids is 1. The van der Waals surface area contributed by atoms with Crippen LogP contribution in [0.25, 0.3) is 0 Å². The molecule has 1 aliphatic rings. The molecule has 0 bridgehead atoms. The first-order valence-electron chi connectivity index (χ1n) is 9.25. The van der Waals surface area contributed by atoms with E-state index in [0.717, 1.165) is 36.8 Å². The molecule has 1 atom stereocenters. The summed E-state index contributed by atoms with van der Waals surface area (Å²) < 4.78 is 0. The Morgan fingerprint density at radius 3 is 2.50 bits per heavy atom. The van der Waals surface area contributed by atoms with Crippen molar-refractivity contribution < 1.29 is 9.90 Å². The Hall–Kier alpha value is -2.79. The molecule has 0 heterocycles. The van der Waals surface area contributed by atoms with Crippen LogP contribution in [0.3, 0.4) is 0 Å². The van der Waals surface area contributed by atoms with E-state index in [1.54, 1.807) is 6.07 Å². The Morgan fingerprint density at radius 2 is 1.89 bits per heavy atom. The molecule has 0 spiro atoms. The fraction of sp³-hybridized carbons (Fsp3) is 0.304. The number of amides is 1. The van der Waals surface area contributed by atoms with E-state index in [1.165, 1.54) is 12.1 Å². The number of benzene rings is 2. The summed E-state index contributed by atoms with van der Waals surface area (Å²) in [6.45, 7) is 1.99. The number of nitriles is 1. The smallest absolute Gasteiger partial charge is 0.269 e. The number of nitrogens with one attached hydrogen (secondary N) is 1. The second-order valence-corrected chi connectivity index (χ2v) is 7.53. The molecule has 0 saturated heterocycles. The van der Waals surface area contributed by atoms with Gasteiger partial charge in [0.05, 0.1) is 10.6 Å². The minimum Gasteiger partial charge on any atom is -0.369 e. The van der Waals surface area contributed by atoms with E-state index in [2.05, 4.69) is 17.2 Å². The number of halogens is 1. The molecule has 2 aromatic rings. The van der Waals surface area contributed by atoms with Gasteiger partial charge in [-0.2, -0.15) is 5.26 Å². The van der Waals surface area contributed by atoms with Crippen LogP contribution in [0.1, 0.15) is 42.4 Å². The zero-order chi connectivity index (χ0) is 20.1. The fourth-order valence-corrected chi connectivity index (χ4v) is 3.62. The first-order valence-corrected chi connectivity index (χ1v) is 9.63. The third-order valence-electron chi connectivity index (χ3n) is 5.09. The number of nitrogens with zero attached hydrogens (tertiary/aromatic N) is 1. The highest BCUT2D eigenvalue weighted by molar-refractivity contribution is 6.32. The van der Waals surface area contributed by atoms with Gasteiger partial charge in [0.25, 0.3) is 5.91 Å². The topological polar surface area (TPSA) is 73.1 Å². The lowest BCUT2D eigenvalue weighted by Gasteiger charge is -2.27. The predicted octanol–water partition coefficient (Wildman–Crippen LogP) is 4.43. The molecule has 1 fully saturated rings. The van der Waals surface area contributed by atoms with E-state index < -0.39 is 11.5 Å². The maximum absolute atomic E-state index is 13.0. The van der Waals surface area contributed by atoms with Gasteiger partial charge in [0.2, 0.25) is 5.60 Å². The summed E-state index contributed by atoms with van der Waals surface area (Å²) in [6.07, 6.45) is 3.44. The highest BCUT2D eigenvalue weighted by atomic mass is 35.5. The Balaban J connectivity index is 1.89. The summed E-state index contributed by atoms with van der Waals surface area (Å²) in [5, 5.41) is 23.2. The summed E-state index contributed by atoms with van der Waals surface area (Å²) in [5.41, 5.74) is 0.817. The number of carbonyl (C=O) groups is 1. The molecule has 1 aliphatic carbocycles. The summed E-state index contributed by atoms with van der Waals surface area (Å²) in [6, 6.07) is 14.2. The van der Waals surface area contributed by atoms with Gasteiger partial charge in [-0.15, -0.1) is 0 Å². The maximum atomic E-state index is 13.0. The van der Waals surface area contributed by atoms with Gasteiger partial charge in [-0.1, -0.05) is 54.0 Å². The van der Waals surface area contributed by atoms with Crippen LogP contribution in [0.2, 0.25) is 5.02 Å². The van der Waals surface area contributed by atoms with Gasteiger partial charge in [0, 0.05) is 17.2 Å². The van der Waals surface area contributed by atoms with Crippen molar-refractivity contribution in [2.24, 2.45) is 5.92 Å². The van der Waals surface area contributed by atoms with Crippen LogP contribution >= 0.6 is 11.6 Å². The standard InChI is InChI=1S/C23H21ClN2O2/c1-16-6-8-17(9-7-16)12-13-23(28,19-4-2-3-5-19)22(27)26-20-11-10-18(15-25)21(24)14-20/h6-11,14,19,28H,2-5H2,1H3,(H,26,27). The lowest BCUT2D eigenvalue weighted by atomic mass is 9.85. The zero-order valence-electron chi connectivity index (χ0n) is 15.6. The molecule has 5 heteroatoms. The summed E-state index contributed by atoms with van der Waals surface area (Å²) in [7, 11) is 0. The molecule has 0 aliphatic heterocycles. The van der Waals surface area contributed by atoms with Gasteiger partial charge in [-0.05, 0) is 50.1 Å². The van der Waals surface area contributed by atoms with Gasteiger partial charge in [-0.3, -0.25) is 4.79 Å². The molecule has 0 aromatic heterocycles. The fourth-order valence-electron chi connectivity index (χ4n) is 3.40. The van der Waals surface area contributed by atoms with Crippen molar-refractivity contribution in [2.75, 3.05) is 5.32 Å². The van der Waals surface area contributed by atoms with Crippen LogP contribution in [0.15, 0.2) is 42.5 Å². The molecule has 1 amide bonds. The van der Waals surface area contributed by atoms with Crippen molar-refractivity contribution in [3.63, 3.8) is 0 Å². The Kier molecular flexibility index (Phi) is 6.05. The van der Waals surface area contributed by atoms with E-state index >= 15 is 0 Å². The highest BCUT2D eigenvalue weighted by Crippen LogP contribution is 2.35. The van der Waals surface area contributed by atoms with Gasteiger partial charge in [0.15, 0.2) is 0 Å². The molecular weight excluding hydrogens is 372 g/mol. The van der Waals surface area contributed by atoms with E-state index in [4.69, 9.17) is 16.9 Å². The summed E-state index contributed by atoms with van der Waals surface area (Å²) in [4.78, 5) is 13.0. The van der Waals surface area contributed by atoms with Crippen molar-refractivity contribution in [1.82, 2.24) is 0 Å². The lowest BCUT2D eigenvalue weighted by molar-refractivity contribution is -0.132. The van der Waals surface area contributed by atoms with Gasteiger partial charge in [-0.25, -0.2) is 0 Å². The average Bonchev–Trinajstić information content (AvgIpc) is 3.23. The molecule has 28 heavy (non-hydrogen) atoms. The zero-order valence-corrected chi connectivity index (χ0v) is 16.4. The lowest BCUT2D eigenvalue weighted by Crippen LogP contribution is -2.47. The van der Waals surface area contributed by atoms with Crippen LogP contribution in [-0.4, -0.2) is 16.6 Å². The molecular formula is C23H21ClN2O2. The van der Waals surface area contributed by atoms with Gasteiger partial charge < -0.3 is 10.4 Å². The number of hydrogen-bond acceptors (Lipinski definition) is 3. The van der Waals surface area contributed by atoms with E-state index in [9.17, 15) is 9.90 Å². The second-order valence-electron chi connectivity index (χ2n) is 7.12. The molecule has 4 nitrogen and oxygen atoms in total. The summed E-state index contributed by atoms with van der Waals surface area (Å²) in [5.74, 6) is 5.00.